The van der Waals surface area contributed by atoms with Crippen LogP contribution in [0.1, 0.15) is 18.5 Å². The highest BCUT2D eigenvalue weighted by atomic mass is 35.5. The highest BCUT2D eigenvalue weighted by molar-refractivity contribution is 7.23. The van der Waals surface area contributed by atoms with Crippen LogP contribution in [0.25, 0.3) is 9.88 Å². The first-order valence-corrected chi connectivity index (χ1v) is 8.98. The SMILES string of the molecule is Cl.Cl.O=C(Cc1csc(-c2ccc(Cl)s2)n1)NCC1CCCN1. The summed E-state index contributed by atoms with van der Waals surface area (Å²) in [5, 5.41) is 9.20. The average Bonchev–Trinajstić information content (AvgIpc) is 3.17. The fourth-order valence-corrected chi connectivity index (χ4v) is 4.26. The predicted molar refractivity (Wildman–Crippen MR) is 103 cm³/mol. The van der Waals surface area contributed by atoms with E-state index in [1.54, 1.807) is 11.3 Å². The molecule has 0 radical (unpaired) electrons. The van der Waals surface area contributed by atoms with E-state index in [2.05, 4.69) is 15.6 Å². The lowest BCUT2D eigenvalue weighted by Crippen LogP contribution is -2.37. The van der Waals surface area contributed by atoms with Gasteiger partial charge < -0.3 is 10.6 Å². The van der Waals surface area contributed by atoms with Crippen molar-refractivity contribution < 1.29 is 4.79 Å². The van der Waals surface area contributed by atoms with E-state index in [-0.39, 0.29) is 30.7 Å². The van der Waals surface area contributed by atoms with Crippen LogP contribution >= 0.6 is 59.1 Å². The van der Waals surface area contributed by atoms with E-state index in [9.17, 15) is 4.79 Å². The number of nitrogens with one attached hydrogen (secondary N) is 2. The molecule has 0 saturated carbocycles. The van der Waals surface area contributed by atoms with Crippen molar-refractivity contribution in [1.29, 1.82) is 0 Å². The molecule has 1 unspecified atom stereocenters. The molecule has 0 aliphatic carbocycles. The van der Waals surface area contributed by atoms with Gasteiger partial charge in [0.05, 0.1) is 21.3 Å². The number of thiazole rings is 1. The summed E-state index contributed by atoms with van der Waals surface area (Å²) in [4.78, 5) is 17.5. The van der Waals surface area contributed by atoms with E-state index in [0.717, 1.165) is 32.9 Å². The Kier molecular flexibility index (Phi) is 8.82. The Bertz CT molecular complexity index is 626. The number of hydrogen-bond donors (Lipinski definition) is 2. The van der Waals surface area contributed by atoms with Crippen LogP contribution in [0.4, 0.5) is 0 Å². The van der Waals surface area contributed by atoms with Gasteiger partial charge in [0, 0.05) is 18.0 Å². The zero-order valence-electron chi connectivity index (χ0n) is 12.2. The van der Waals surface area contributed by atoms with Crippen LogP contribution in [-0.4, -0.2) is 30.0 Å². The Morgan fingerprint density at radius 1 is 1.43 bits per heavy atom. The monoisotopic (exact) mass is 413 g/mol. The second-order valence-corrected chi connectivity index (χ2v) is 7.60. The second-order valence-electron chi connectivity index (χ2n) is 5.02. The van der Waals surface area contributed by atoms with Gasteiger partial charge in [0.25, 0.3) is 0 Å². The van der Waals surface area contributed by atoms with Gasteiger partial charge in [-0.25, -0.2) is 4.98 Å². The fraction of sp³-hybridized carbons (Fsp3) is 0.429. The number of halogens is 3. The molecule has 0 spiro atoms. The van der Waals surface area contributed by atoms with Crippen molar-refractivity contribution in [3.8, 4) is 9.88 Å². The molecule has 2 aromatic rings. The second kappa shape index (κ2) is 9.81. The highest BCUT2D eigenvalue weighted by Crippen LogP contribution is 2.32. The first kappa shape index (κ1) is 20.7. The molecule has 1 amide bonds. The van der Waals surface area contributed by atoms with E-state index < -0.39 is 0 Å². The molecular weight excluding hydrogens is 397 g/mol. The number of amides is 1. The molecule has 3 heterocycles. The molecule has 2 N–H and O–H groups in total. The van der Waals surface area contributed by atoms with Crippen LogP contribution in [-0.2, 0) is 11.2 Å². The average molecular weight is 415 g/mol. The normalized spacial score (nSPS) is 16.5. The quantitative estimate of drug-likeness (QED) is 0.783. The minimum absolute atomic E-state index is 0. The number of hydrogen-bond acceptors (Lipinski definition) is 5. The van der Waals surface area contributed by atoms with Crippen LogP contribution in [0, 0.1) is 0 Å². The Balaban J connectivity index is 0.00000132. The molecule has 1 aliphatic rings. The van der Waals surface area contributed by atoms with Gasteiger partial charge in [0.1, 0.15) is 5.01 Å². The molecule has 1 fully saturated rings. The lowest BCUT2D eigenvalue weighted by molar-refractivity contribution is -0.120. The molecule has 1 aliphatic heterocycles. The third kappa shape index (κ3) is 5.89. The summed E-state index contributed by atoms with van der Waals surface area (Å²) in [7, 11) is 0. The van der Waals surface area contributed by atoms with Gasteiger partial charge in [0.2, 0.25) is 5.91 Å². The molecule has 3 rings (SSSR count). The van der Waals surface area contributed by atoms with Crippen molar-refractivity contribution in [3.63, 3.8) is 0 Å². The third-order valence-corrected chi connectivity index (χ3v) is 5.68. The molecular formula is C14H18Cl3N3OS2. The van der Waals surface area contributed by atoms with E-state index in [1.165, 1.54) is 17.8 Å². The largest absolute Gasteiger partial charge is 0.354 e. The van der Waals surface area contributed by atoms with Crippen LogP contribution in [0.5, 0.6) is 0 Å². The van der Waals surface area contributed by atoms with Crippen molar-refractivity contribution >= 4 is 65.0 Å². The van der Waals surface area contributed by atoms with Crippen LogP contribution in [0.3, 0.4) is 0 Å². The fourth-order valence-electron chi connectivity index (χ4n) is 2.33. The summed E-state index contributed by atoms with van der Waals surface area (Å²) in [6.07, 6.45) is 2.67. The molecule has 4 nitrogen and oxygen atoms in total. The number of carbonyl (C=O) groups is 1. The first-order valence-electron chi connectivity index (χ1n) is 6.91. The Morgan fingerprint density at radius 3 is 2.91 bits per heavy atom. The van der Waals surface area contributed by atoms with Gasteiger partial charge in [-0.15, -0.1) is 47.5 Å². The molecule has 0 bridgehead atoms. The minimum atomic E-state index is 0. The van der Waals surface area contributed by atoms with Gasteiger partial charge in [-0.05, 0) is 31.5 Å². The Labute approximate surface area is 160 Å². The van der Waals surface area contributed by atoms with Gasteiger partial charge in [-0.3, -0.25) is 4.79 Å². The standard InChI is InChI=1S/C14H16ClN3OS2.2ClH/c15-12-4-3-11(21-12)14-18-10(8-20-14)6-13(19)17-7-9-2-1-5-16-9;;/h3-4,8-9,16H,1-2,5-7H2,(H,17,19);2*1H. The summed E-state index contributed by atoms with van der Waals surface area (Å²) in [5.74, 6) is 0.0322. The Hall–Kier alpha value is -0.370. The molecule has 2 aromatic heterocycles. The molecule has 128 valence electrons. The maximum Gasteiger partial charge on any atom is 0.226 e. The van der Waals surface area contributed by atoms with Crippen molar-refractivity contribution in [3.05, 3.63) is 27.5 Å². The van der Waals surface area contributed by atoms with Crippen LogP contribution in [0.15, 0.2) is 17.5 Å². The van der Waals surface area contributed by atoms with Gasteiger partial charge in [0.15, 0.2) is 0 Å². The maximum absolute atomic E-state index is 11.9. The minimum Gasteiger partial charge on any atom is -0.354 e. The highest BCUT2D eigenvalue weighted by Gasteiger charge is 2.15. The third-order valence-electron chi connectivity index (χ3n) is 3.39. The first-order chi connectivity index (χ1) is 10.2. The summed E-state index contributed by atoms with van der Waals surface area (Å²) in [6, 6.07) is 4.25. The topological polar surface area (TPSA) is 54.0 Å². The summed E-state index contributed by atoms with van der Waals surface area (Å²) < 4.78 is 0.753. The smallest absolute Gasteiger partial charge is 0.226 e. The molecule has 9 heteroatoms. The lowest BCUT2D eigenvalue weighted by atomic mass is 10.2. The molecule has 23 heavy (non-hydrogen) atoms. The number of carbonyl (C=O) groups excluding carboxylic acids is 1. The van der Waals surface area contributed by atoms with E-state index in [0.29, 0.717) is 19.0 Å². The molecule has 1 atom stereocenters. The van der Waals surface area contributed by atoms with Crippen molar-refractivity contribution in [2.24, 2.45) is 0 Å². The number of thiophene rings is 1. The molecule has 0 aromatic carbocycles. The maximum atomic E-state index is 11.9. The van der Waals surface area contributed by atoms with Gasteiger partial charge >= 0.3 is 0 Å². The van der Waals surface area contributed by atoms with Gasteiger partial charge in [-0.2, -0.15) is 0 Å². The zero-order chi connectivity index (χ0) is 14.7. The zero-order valence-corrected chi connectivity index (χ0v) is 16.2. The number of rotatable bonds is 5. The molecule has 1 saturated heterocycles. The van der Waals surface area contributed by atoms with Crippen molar-refractivity contribution in [2.75, 3.05) is 13.1 Å². The lowest BCUT2D eigenvalue weighted by Gasteiger charge is -2.10. The van der Waals surface area contributed by atoms with Gasteiger partial charge in [-0.1, -0.05) is 11.6 Å². The van der Waals surface area contributed by atoms with Crippen molar-refractivity contribution in [1.82, 2.24) is 15.6 Å². The number of nitrogens with zero attached hydrogens (tertiary/aromatic N) is 1. The predicted octanol–water partition coefficient (Wildman–Crippen LogP) is 3.78. The van der Waals surface area contributed by atoms with E-state index in [4.69, 9.17) is 11.6 Å². The van der Waals surface area contributed by atoms with E-state index >= 15 is 0 Å². The summed E-state index contributed by atoms with van der Waals surface area (Å²) in [6.45, 7) is 1.76. The summed E-state index contributed by atoms with van der Waals surface area (Å²) >= 11 is 8.98. The van der Waals surface area contributed by atoms with Crippen LogP contribution < -0.4 is 10.6 Å². The number of aromatic nitrogens is 1. The Morgan fingerprint density at radius 2 is 2.26 bits per heavy atom. The summed E-state index contributed by atoms with van der Waals surface area (Å²) in [5.41, 5.74) is 0.816. The van der Waals surface area contributed by atoms with Crippen LogP contribution in [0.2, 0.25) is 4.34 Å². The van der Waals surface area contributed by atoms with E-state index in [1.807, 2.05) is 17.5 Å². The van der Waals surface area contributed by atoms with Crippen molar-refractivity contribution in [2.45, 2.75) is 25.3 Å².